The Labute approximate surface area is 146 Å². The minimum absolute atomic E-state index is 0.0533. The van der Waals surface area contributed by atoms with Gasteiger partial charge in [0.2, 0.25) is 5.89 Å². The van der Waals surface area contributed by atoms with Crippen molar-refractivity contribution < 1.29 is 14.1 Å². The van der Waals surface area contributed by atoms with Crippen LogP contribution in [0.15, 0.2) is 47.0 Å². The van der Waals surface area contributed by atoms with Crippen molar-refractivity contribution in [3.05, 3.63) is 59.7 Å². The van der Waals surface area contributed by atoms with Gasteiger partial charge in [0.1, 0.15) is 0 Å². The van der Waals surface area contributed by atoms with Crippen LogP contribution < -0.4 is 5.32 Å². The number of fused-ring (bicyclic) bond motifs is 1. The molecule has 6 heteroatoms. The highest BCUT2D eigenvalue weighted by atomic mass is 16.5. The van der Waals surface area contributed by atoms with Gasteiger partial charge in [-0.25, -0.2) is 4.79 Å². The summed E-state index contributed by atoms with van der Waals surface area (Å²) in [7, 11) is 1.82. The highest BCUT2D eigenvalue weighted by Gasteiger charge is 2.22. The maximum atomic E-state index is 11.9. The van der Waals surface area contributed by atoms with E-state index in [4.69, 9.17) is 9.26 Å². The maximum Gasteiger partial charge on any atom is 0.380 e. The van der Waals surface area contributed by atoms with Crippen molar-refractivity contribution in [2.45, 2.75) is 32.4 Å². The van der Waals surface area contributed by atoms with Gasteiger partial charge >= 0.3 is 5.97 Å². The minimum Gasteiger partial charge on any atom is -0.457 e. The highest BCUT2D eigenvalue weighted by molar-refractivity contribution is 5.85. The molecule has 25 heavy (non-hydrogen) atoms. The Morgan fingerprint density at radius 2 is 1.96 bits per heavy atom. The summed E-state index contributed by atoms with van der Waals surface area (Å²) in [4.78, 5) is 16.0. The molecule has 1 N–H and O–H groups in total. The molecule has 0 bridgehead atoms. The zero-order valence-electron chi connectivity index (χ0n) is 14.5. The number of aromatic nitrogens is 2. The van der Waals surface area contributed by atoms with Gasteiger partial charge in [-0.1, -0.05) is 42.5 Å². The van der Waals surface area contributed by atoms with Crippen LogP contribution in [-0.4, -0.2) is 29.3 Å². The van der Waals surface area contributed by atoms with E-state index in [9.17, 15) is 4.79 Å². The summed E-state index contributed by atoms with van der Waals surface area (Å²) in [6.07, 6.45) is 0.439. The van der Waals surface area contributed by atoms with Crippen LogP contribution in [0.5, 0.6) is 0 Å². The summed E-state index contributed by atoms with van der Waals surface area (Å²) in [5.41, 5.74) is 1.14. The molecule has 2 aromatic carbocycles. The third-order valence-corrected chi connectivity index (χ3v) is 3.87. The quantitative estimate of drug-likeness (QED) is 0.694. The van der Waals surface area contributed by atoms with Gasteiger partial charge in [0.05, 0.1) is 12.1 Å². The number of carbonyl (C=O) groups is 1. The standard InChI is InChI=1S/C19H21N3O3/c1-12(2)24-19(23)17-21-18(25-22-17)16(20-3)11-13-8-9-14-6-4-5-7-15(14)10-13/h4-10,12,16,20H,11H2,1-3H3/t16-/m1/s1. The molecule has 1 atom stereocenters. The fourth-order valence-electron chi connectivity index (χ4n) is 2.64. The second-order valence-corrected chi connectivity index (χ2v) is 6.14. The summed E-state index contributed by atoms with van der Waals surface area (Å²) in [5, 5.41) is 9.27. The lowest BCUT2D eigenvalue weighted by molar-refractivity contribution is 0.0360. The molecule has 130 valence electrons. The maximum absolute atomic E-state index is 11.9. The SMILES string of the molecule is CN[C@H](Cc1ccc2ccccc2c1)c1nc(C(=O)OC(C)C)no1. The van der Waals surface area contributed by atoms with Crippen LogP contribution in [0.2, 0.25) is 0 Å². The molecule has 0 radical (unpaired) electrons. The van der Waals surface area contributed by atoms with Gasteiger partial charge in [0.25, 0.3) is 5.82 Å². The molecule has 3 aromatic rings. The number of rotatable bonds is 6. The topological polar surface area (TPSA) is 77.2 Å². The Hall–Kier alpha value is -2.73. The molecule has 1 aromatic heterocycles. The van der Waals surface area contributed by atoms with Crippen LogP contribution in [0.4, 0.5) is 0 Å². The molecule has 0 saturated carbocycles. The number of likely N-dealkylation sites (N-methyl/N-ethyl adjacent to an activating group) is 1. The van der Waals surface area contributed by atoms with Crippen LogP contribution in [0, 0.1) is 0 Å². The fourth-order valence-corrected chi connectivity index (χ4v) is 2.64. The minimum atomic E-state index is -0.578. The van der Waals surface area contributed by atoms with Gasteiger partial charge in [-0.2, -0.15) is 4.98 Å². The van der Waals surface area contributed by atoms with E-state index in [0.29, 0.717) is 12.3 Å². The molecule has 0 aliphatic rings. The summed E-state index contributed by atoms with van der Waals surface area (Å²) in [6.45, 7) is 3.55. The first-order valence-electron chi connectivity index (χ1n) is 8.26. The van der Waals surface area contributed by atoms with Crippen LogP contribution in [-0.2, 0) is 11.2 Å². The number of nitrogens with one attached hydrogen (secondary N) is 1. The van der Waals surface area contributed by atoms with Gasteiger partial charge in [-0.05, 0) is 48.8 Å². The van der Waals surface area contributed by atoms with Gasteiger partial charge in [0.15, 0.2) is 0 Å². The van der Waals surface area contributed by atoms with Crippen molar-refractivity contribution in [2.24, 2.45) is 0 Å². The second-order valence-electron chi connectivity index (χ2n) is 6.14. The highest BCUT2D eigenvalue weighted by Crippen LogP contribution is 2.21. The molecule has 0 saturated heterocycles. The molecular weight excluding hydrogens is 318 g/mol. The molecular formula is C19H21N3O3. The summed E-state index contributed by atoms with van der Waals surface area (Å²) in [5.74, 6) is -0.264. The van der Waals surface area contributed by atoms with E-state index in [1.165, 1.54) is 10.8 Å². The molecule has 6 nitrogen and oxygen atoms in total. The Morgan fingerprint density at radius 3 is 2.68 bits per heavy atom. The molecule has 0 aliphatic heterocycles. The third kappa shape index (κ3) is 4.03. The van der Waals surface area contributed by atoms with Crippen molar-refractivity contribution in [3.63, 3.8) is 0 Å². The van der Waals surface area contributed by atoms with Gasteiger partial charge in [0, 0.05) is 0 Å². The Kier molecular flexibility index (Phi) is 5.09. The molecule has 0 spiro atoms. The number of esters is 1. The van der Waals surface area contributed by atoms with Crippen LogP contribution in [0.1, 0.15) is 42.0 Å². The number of hydrogen-bond donors (Lipinski definition) is 1. The van der Waals surface area contributed by atoms with Crippen LogP contribution >= 0.6 is 0 Å². The van der Waals surface area contributed by atoms with E-state index in [1.54, 1.807) is 13.8 Å². The summed E-state index contributed by atoms with van der Waals surface area (Å²) >= 11 is 0. The lowest BCUT2D eigenvalue weighted by Gasteiger charge is -2.12. The van der Waals surface area contributed by atoms with E-state index in [0.717, 1.165) is 5.56 Å². The Morgan fingerprint density at radius 1 is 1.20 bits per heavy atom. The van der Waals surface area contributed by atoms with Crippen molar-refractivity contribution in [2.75, 3.05) is 7.05 Å². The fraction of sp³-hybridized carbons (Fsp3) is 0.316. The first-order chi connectivity index (χ1) is 12.1. The summed E-state index contributed by atoms with van der Waals surface area (Å²) < 4.78 is 10.3. The zero-order chi connectivity index (χ0) is 17.8. The van der Waals surface area contributed by atoms with Gasteiger partial charge in [-0.15, -0.1) is 0 Å². The average molecular weight is 339 g/mol. The zero-order valence-corrected chi connectivity index (χ0v) is 14.5. The number of carbonyl (C=O) groups excluding carboxylic acids is 1. The lowest BCUT2D eigenvalue weighted by Crippen LogP contribution is -2.19. The monoisotopic (exact) mass is 339 g/mol. The normalized spacial score (nSPS) is 12.5. The second kappa shape index (κ2) is 7.44. The smallest absolute Gasteiger partial charge is 0.380 e. The van der Waals surface area contributed by atoms with Crippen molar-refractivity contribution >= 4 is 16.7 Å². The number of benzene rings is 2. The molecule has 0 aliphatic carbocycles. The van der Waals surface area contributed by atoms with E-state index in [1.807, 2.05) is 19.2 Å². The van der Waals surface area contributed by atoms with E-state index in [-0.39, 0.29) is 18.0 Å². The van der Waals surface area contributed by atoms with Crippen molar-refractivity contribution in [1.82, 2.24) is 15.5 Å². The van der Waals surface area contributed by atoms with Crippen molar-refractivity contribution in [1.29, 1.82) is 0 Å². The average Bonchev–Trinajstić information content (AvgIpc) is 3.09. The first-order valence-corrected chi connectivity index (χ1v) is 8.26. The van der Waals surface area contributed by atoms with E-state index in [2.05, 4.69) is 45.8 Å². The van der Waals surface area contributed by atoms with Gasteiger partial charge < -0.3 is 14.6 Å². The summed E-state index contributed by atoms with van der Waals surface area (Å²) in [6, 6.07) is 14.3. The molecule has 0 unspecified atom stereocenters. The lowest BCUT2D eigenvalue weighted by atomic mass is 10.0. The predicted octanol–water partition coefficient (Wildman–Crippen LogP) is 3.29. The number of nitrogens with zero attached hydrogens (tertiary/aromatic N) is 2. The van der Waals surface area contributed by atoms with Crippen LogP contribution in [0.25, 0.3) is 10.8 Å². The Balaban J connectivity index is 1.77. The molecule has 0 fully saturated rings. The van der Waals surface area contributed by atoms with Gasteiger partial charge in [-0.3, -0.25) is 0 Å². The molecule has 0 amide bonds. The van der Waals surface area contributed by atoms with E-state index < -0.39 is 5.97 Å². The molecule has 3 rings (SSSR count). The van der Waals surface area contributed by atoms with E-state index >= 15 is 0 Å². The predicted molar refractivity (Wildman–Crippen MR) is 94.3 cm³/mol. The first kappa shape index (κ1) is 17.1. The molecule has 1 heterocycles. The third-order valence-electron chi connectivity index (χ3n) is 3.87. The largest absolute Gasteiger partial charge is 0.457 e. The van der Waals surface area contributed by atoms with Crippen molar-refractivity contribution in [3.8, 4) is 0 Å². The number of ether oxygens (including phenoxy) is 1. The van der Waals surface area contributed by atoms with Crippen LogP contribution in [0.3, 0.4) is 0 Å². The number of hydrogen-bond acceptors (Lipinski definition) is 6. The Bertz CT molecular complexity index is 873.